The summed E-state index contributed by atoms with van der Waals surface area (Å²) < 4.78 is 15.5. The monoisotopic (exact) mass is 443 g/mol. The molecule has 2 atom stereocenters. The van der Waals surface area contributed by atoms with Gasteiger partial charge in [-0.25, -0.2) is 14.4 Å². The zero-order chi connectivity index (χ0) is 21.2. The number of alkyl carbamates (subject to hydrolysis) is 1. The Bertz CT molecular complexity index is 838. The summed E-state index contributed by atoms with van der Waals surface area (Å²) in [6, 6.07) is 13.7. The summed E-state index contributed by atoms with van der Waals surface area (Å²) in [4.78, 5) is 36.5. The summed E-state index contributed by atoms with van der Waals surface area (Å²) in [5.41, 5.74) is 0.341. The van der Waals surface area contributed by atoms with Crippen LogP contribution in [0.15, 0.2) is 54.6 Å². The molecule has 0 aliphatic heterocycles. The smallest absolute Gasteiger partial charge is 1.00 e. The van der Waals surface area contributed by atoms with Crippen LogP contribution in [0, 0.1) is 0 Å². The van der Waals surface area contributed by atoms with E-state index in [1.165, 1.54) is 0 Å². The Morgan fingerprint density at radius 2 is 1.60 bits per heavy atom. The third-order valence-electron chi connectivity index (χ3n) is 3.84. The molecule has 0 spiro atoms. The number of esters is 2. The molecule has 0 fully saturated rings. The molecule has 7 nitrogen and oxygen atoms in total. The van der Waals surface area contributed by atoms with Gasteiger partial charge < -0.3 is 21.0 Å². The largest absolute Gasteiger partial charge is 1.00 e. The molecule has 0 radical (unpaired) electrons. The minimum absolute atomic E-state index is 0. The average Bonchev–Trinajstić information content (AvgIpc) is 2.73. The third kappa shape index (κ3) is 8.36. The van der Waals surface area contributed by atoms with Gasteiger partial charge in [0.2, 0.25) is 6.29 Å². The number of benzene rings is 2. The van der Waals surface area contributed by atoms with Crippen molar-refractivity contribution in [1.29, 1.82) is 0 Å². The fourth-order valence-corrected chi connectivity index (χ4v) is 2.39. The number of hydrogen-bond acceptors (Lipinski definition) is 6. The minimum Gasteiger partial charge on any atom is -1.00 e. The Kier molecular flexibility index (Phi) is 11.5. The topological polar surface area (TPSA) is 90.9 Å². The molecule has 2 unspecified atom stereocenters. The van der Waals surface area contributed by atoms with Gasteiger partial charge in [0.1, 0.15) is 11.8 Å². The minimum atomic E-state index is -1.09. The Morgan fingerprint density at radius 1 is 0.967 bits per heavy atom. The molecular formula is C21H23ClNNaO6. The van der Waals surface area contributed by atoms with Crippen molar-refractivity contribution in [1.82, 2.24) is 5.32 Å². The summed E-state index contributed by atoms with van der Waals surface area (Å²) in [5, 5.41) is 2.93. The van der Waals surface area contributed by atoms with Crippen molar-refractivity contribution >= 4 is 29.6 Å². The summed E-state index contributed by atoms with van der Waals surface area (Å²) in [6.45, 7) is 3.41. The van der Waals surface area contributed by atoms with E-state index in [1.54, 1.807) is 68.4 Å². The van der Waals surface area contributed by atoms with Crippen molar-refractivity contribution in [3.8, 4) is 5.75 Å². The van der Waals surface area contributed by atoms with Crippen molar-refractivity contribution in [2.75, 3.05) is 0 Å². The van der Waals surface area contributed by atoms with Crippen molar-refractivity contribution in [2.45, 2.75) is 39.0 Å². The number of ether oxygens (including phenoxy) is 3. The summed E-state index contributed by atoms with van der Waals surface area (Å²) >= 11 is 5.79. The van der Waals surface area contributed by atoms with Gasteiger partial charge in [0, 0.05) is 11.4 Å². The number of nitrogens with one attached hydrogen (secondary N) is 1. The second kappa shape index (κ2) is 13.3. The quantitative estimate of drug-likeness (QED) is 0.287. The van der Waals surface area contributed by atoms with Crippen LogP contribution in [0.1, 0.15) is 38.5 Å². The van der Waals surface area contributed by atoms with Gasteiger partial charge in [-0.05, 0) is 42.8 Å². The molecule has 9 heteroatoms. The summed E-state index contributed by atoms with van der Waals surface area (Å²) in [5.74, 6) is -0.961. The SMILES string of the molecule is CCC(OC(=O)NC(CC)C(=O)Oc1ccc(Cl)cc1)OC(=O)c1ccccc1.[H-].[Na+]. The number of halogens is 1. The number of amides is 1. The number of rotatable bonds is 8. The van der Waals surface area contributed by atoms with Gasteiger partial charge in [0.05, 0.1) is 5.56 Å². The Labute approximate surface area is 203 Å². The van der Waals surface area contributed by atoms with E-state index >= 15 is 0 Å². The van der Waals surface area contributed by atoms with Crippen LogP contribution in [0.4, 0.5) is 4.79 Å². The van der Waals surface area contributed by atoms with Crippen LogP contribution in [0.25, 0.3) is 0 Å². The first-order valence-electron chi connectivity index (χ1n) is 9.13. The molecular weight excluding hydrogens is 421 g/mol. The molecule has 0 saturated heterocycles. The molecule has 0 saturated carbocycles. The first kappa shape index (κ1) is 26.0. The van der Waals surface area contributed by atoms with Gasteiger partial charge >= 0.3 is 47.6 Å². The van der Waals surface area contributed by atoms with Gasteiger partial charge in [0.25, 0.3) is 0 Å². The maximum Gasteiger partial charge on any atom is 1.00 e. The predicted octanol–water partition coefficient (Wildman–Crippen LogP) is 1.46. The Morgan fingerprint density at radius 3 is 2.17 bits per heavy atom. The molecule has 30 heavy (non-hydrogen) atoms. The summed E-state index contributed by atoms with van der Waals surface area (Å²) in [7, 11) is 0. The molecule has 156 valence electrons. The molecule has 1 N–H and O–H groups in total. The molecule has 0 aliphatic carbocycles. The van der Waals surface area contributed by atoms with Crippen LogP contribution in [-0.2, 0) is 14.3 Å². The van der Waals surface area contributed by atoms with Crippen molar-refractivity contribution in [3.05, 3.63) is 65.2 Å². The first-order valence-corrected chi connectivity index (χ1v) is 9.51. The molecule has 2 aromatic carbocycles. The van der Waals surface area contributed by atoms with E-state index in [4.69, 9.17) is 25.8 Å². The summed E-state index contributed by atoms with van der Waals surface area (Å²) in [6.07, 6.45) is -1.45. The van der Waals surface area contributed by atoms with Crippen LogP contribution < -0.4 is 39.6 Å². The standard InChI is InChI=1S/C21H22ClNO6.Na.H/c1-3-17(20(25)27-16-12-10-15(22)11-13-16)23-21(26)29-18(4-2)28-19(24)14-8-6-5-7-9-14;;/h5-13,17-18H,3-4H2,1-2H3,(H,23,26);;/q;+1;-1. The molecule has 2 rings (SSSR count). The van der Waals surface area contributed by atoms with E-state index in [0.29, 0.717) is 16.3 Å². The van der Waals surface area contributed by atoms with Gasteiger partial charge in [-0.3, -0.25) is 0 Å². The Hall–Kier alpha value is -2.06. The zero-order valence-corrected chi connectivity index (χ0v) is 19.8. The molecule has 0 bridgehead atoms. The van der Waals surface area contributed by atoms with Crippen LogP contribution >= 0.6 is 11.6 Å². The Balaban J connectivity index is 0.00000450. The van der Waals surface area contributed by atoms with E-state index in [0.717, 1.165) is 0 Å². The van der Waals surface area contributed by atoms with Crippen molar-refractivity contribution in [2.24, 2.45) is 0 Å². The van der Waals surface area contributed by atoms with E-state index in [2.05, 4.69) is 5.32 Å². The second-order valence-corrected chi connectivity index (χ2v) is 6.43. The van der Waals surface area contributed by atoms with Crippen molar-refractivity contribution < 1.29 is 59.6 Å². The van der Waals surface area contributed by atoms with Crippen molar-refractivity contribution in [3.63, 3.8) is 0 Å². The van der Waals surface area contributed by atoms with Crippen LogP contribution in [0.2, 0.25) is 5.02 Å². The fraction of sp³-hybridized carbons (Fsp3) is 0.286. The maximum absolute atomic E-state index is 12.3. The molecule has 0 aliphatic rings. The zero-order valence-electron chi connectivity index (χ0n) is 18.1. The van der Waals surface area contributed by atoms with E-state index in [9.17, 15) is 14.4 Å². The molecule has 1 amide bonds. The number of hydrogen-bond donors (Lipinski definition) is 1. The molecule has 0 heterocycles. The van der Waals surface area contributed by atoms with E-state index in [-0.39, 0.29) is 43.8 Å². The van der Waals surface area contributed by atoms with Gasteiger partial charge in [0.15, 0.2) is 0 Å². The van der Waals surface area contributed by atoms with E-state index in [1.807, 2.05) is 0 Å². The van der Waals surface area contributed by atoms with Gasteiger partial charge in [-0.15, -0.1) is 0 Å². The first-order chi connectivity index (χ1) is 13.9. The number of carbonyl (C=O) groups is 3. The maximum atomic E-state index is 12.3. The van der Waals surface area contributed by atoms with Crippen LogP contribution in [-0.4, -0.2) is 30.4 Å². The van der Waals surface area contributed by atoms with Crippen LogP contribution in [0.5, 0.6) is 5.75 Å². The van der Waals surface area contributed by atoms with E-state index < -0.39 is 30.4 Å². The van der Waals surface area contributed by atoms with Crippen LogP contribution in [0.3, 0.4) is 0 Å². The third-order valence-corrected chi connectivity index (χ3v) is 4.09. The normalized spacial score (nSPS) is 12.0. The molecule has 0 aromatic heterocycles. The predicted molar refractivity (Wildman–Crippen MR) is 108 cm³/mol. The molecule has 2 aromatic rings. The average molecular weight is 444 g/mol. The van der Waals surface area contributed by atoms with Gasteiger partial charge in [-0.2, -0.15) is 0 Å². The van der Waals surface area contributed by atoms with Gasteiger partial charge in [-0.1, -0.05) is 43.6 Å². The number of carbonyl (C=O) groups excluding carboxylic acids is 3. The fourth-order valence-electron chi connectivity index (χ4n) is 2.27. The second-order valence-electron chi connectivity index (χ2n) is 5.99.